The standard InChI is InChI=1S/C21H22ClFN4O2S2/c22-16-10-20(31(28,29)26-21-13-30-14-24-21)17(23)11-18(16)25-19(12-27-8-4-5-9-27)15-6-2-1-3-7-15/h1-3,6-7,10-11,13-14,19,25-26H,4-5,8-9,12H2. The van der Waals surface area contributed by atoms with Crippen molar-refractivity contribution in [1.29, 1.82) is 0 Å². The summed E-state index contributed by atoms with van der Waals surface area (Å²) < 4.78 is 42.3. The first kappa shape index (κ1) is 22.0. The fourth-order valence-corrected chi connectivity index (χ4v) is 5.56. The van der Waals surface area contributed by atoms with Gasteiger partial charge in [-0.05, 0) is 43.6 Å². The van der Waals surface area contributed by atoms with Crippen LogP contribution in [0.1, 0.15) is 24.4 Å². The summed E-state index contributed by atoms with van der Waals surface area (Å²) in [4.78, 5) is 5.71. The summed E-state index contributed by atoms with van der Waals surface area (Å²) in [6, 6.07) is 12.0. The van der Waals surface area contributed by atoms with E-state index in [-0.39, 0.29) is 16.9 Å². The number of halogens is 2. The largest absolute Gasteiger partial charge is 0.376 e. The minimum atomic E-state index is -4.15. The van der Waals surface area contributed by atoms with Crippen LogP contribution in [0, 0.1) is 5.82 Å². The van der Waals surface area contributed by atoms with Crippen LogP contribution in [0.4, 0.5) is 15.9 Å². The van der Waals surface area contributed by atoms with E-state index >= 15 is 0 Å². The lowest BCUT2D eigenvalue weighted by Gasteiger charge is -2.26. The Morgan fingerprint density at radius 2 is 1.94 bits per heavy atom. The number of aromatic nitrogens is 1. The highest BCUT2D eigenvalue weighted by Crippen LogP contribution is 2.32. The van der Waals surface area contributed by atoms with E-state index in [2.05, 4.69) is 19.9 Å². The number of anilines is 2. The maximum absolute atomic E-state index is 14.9. The van der Waals surface area contributed by atoms with Crippen LogP contribution >= 0.6 is 22.9 Å². The molecule has 2 aromatic carbocycles. The molecule has 1 unspecified atom stereocenters. The summed E-state index contributed by atoms with van der Waals surface area (Å²) in [5.41, 5.74) is 2.88. The lowest BCUT2D eigenvalue weighted by atomic mass is 10.1. The van der Waals surface area contributed by atoms with Crippen molar-refractivity contribution in [3.05, 3.63) is 69.8 Å². The number of benzene rings is 2. The van der Waals surface area contributed by atoms with Crippen LogP contribution in [0.3, 0.4) is 0 Å². The second-order valence-corrected chi connectivity index (χ2v) is 10.1. The highest BCUT2D eigenvalue weighted by atomic mass is 35.5. The topological polar surface area (TPSA) is 74.3 Å². The van der Waals surface area contributed by atoms with Gasteiger partial charge in [0.1, 0.15) is 10.7 Å². The van der Waals surface area contributed by atoms with E-state index in [4.69, 9.17) is 11.6 Å². The zero-order chi connectivity index (χ0) is 21.8. The Morgan fingerprint density at radius 1 is 1.19 bits per heavy atom. The molecule has 10 heteroatoms. The molecular formula is C21H22ClFN4O2S2. The molecule has 1 saturated heterocycles. The van der Waals surface area contributed by atoms with Crippen LogP contribution in [0.15, 0.2) is 58.3 Å². The number of hydrogen-bond donors (Lipinski definition) is 2. The Hall–Kier alpha value is -2.20. The van der Waals surface area contributed by atoms with Crippen LogP contribution in [-0.2, 0) is 10.0 Å². The van der Waals surface area contributed by atoms with E-state index in [9.17, 15) is 12.8 Å². The van der Waals surface area contributed by atoms with Crippen molar-refractivity contribution >= 4 is 44.5 Å². The van der Waals surface area contributed by atoms with Crippen LogP contribution in [0.25, 0.3) is 0 Å². The van der Waals surface area contributed by atoms with Gasteiger partial charge in [0.05, 0.1) is 22.3 Å². The first-order valence-electron chi connectivity index (χ1n) is 9.86. The monoisotopic (exact) mass is 480 g/mol. The number of hydrogen-bond acceptors (Lipinski definition) is 6. The first-order chi connectivity index (χ1) is 14.9. The van der Waals surface area contributed by atoms with E-state index < -0.39 is 20.7 Å². The molecule has 0 spiro atoms. The molecule has 1 aliphatic rings. The zero-order valence-electron chi connectivity index (χ0n) is 16.6. The molecule has 1 fully saturated rings. The van der Waals surface area contributed by atoms with E-state index in [1.54, 1.807) is 0 Å². The Labute approximate surface area is 190 Å². The van der Waals surface area contributed by atoms with Gasteiger partial charge < -0.3 is 10.2 Å². The number of likely N-dealkylation sites (tertiary alicyclic amines) is 1. The van der Waals surface area contributed by atoms with Crippen LogP contribution in [-0.4, -0.2) is 37.9 Å². The van der Waals surface area contributed by atoms with Crippen molar-refractivity contribution in [2.75, 3.05) is 29.7 Å². The Balaban J connectivity index is 1.60. The van der Waals surface area contributed by atoms with Crippen molar-refractivity contribution < 1.29 is 12.8 Å². The summed E-state index contributed by atoms with van der Waals surface area (Å²) in [5, 5.41) is 4.97. The second kappa shape index (κ2) is 9.52. The molecule has 1 aromatic heterocycles. The van der Waals surface area contributed by atoms with Crippen molar-refractivity contribution in [2.24, 2.45) is 0 Å². The maximum Gasteiger partial charge on any atom is 0.266 e. The Morgan fingerprint density at radius 3 is 2.61 bits per heavy atom. The lowest BCUT2D eigenvalue weighted by Crippen LogP contribution is -2.29. The summed E-state index contributed by atoms with van der Waals surface area (Å²) in [6.07, 6.45) is 2.32. The molecule has 4 rings (SSSR count). The number of rotatable bonds is 8. The molecule has 1 atom stereocenters. The average Bonchev–Trinajstić information content (AvgIpc) is 3.44. The van der Waals surface area contributed by atoms with Crippen LogP contribution in [0.2, 0.25) is 5.02 Å². The third-order valence-electron chi connectivity index (χ3n) is 5.15. The normalized spacial score (nSPS) is 15.7. The van der Waals surface area contributed by atoms with Gasteiger partial charge in [0.25, 0.3) is 10.0 Å². The Bertz CT molecular complexity index is 1120. The molecule has 0 aliphatic carbocycles. The van der Waals surface area contributed by atoms with Gasteiger partial charge in [-0.25, -0.2) is 17.8 Å². The van der Waals surface area contributed by atoms with Crippen molar-refractivity contribution in [3.8, 4) is 0 Å². The molecule has 6 nitrogen and oxygen atoms in total. The summed E-state index contributed by atoms with van der Waals surface area (Å²) in [6.45, 7) is 2.78. The number of nitrogens with one attached hydrogen (secondary N) is 2. The van der Waals surface area contributed by atoms with Gasteiger partial charge in [-0.2, -0.15) is 0 Å². The van der Waals surface area contributed by atoms with E-state index in [1.165, 1.54) is 22.2 Å². The lowest BCUT2D eigenvalue weighted by molar-refractivity contribution is 0.323. The zero-order valence-corrected chi connectivity index (χ0v) is 19.0. The fraction of sp³-hybridized carbons (Fsp3) is 0.286. The fourth-order valence-electron chi connectivity index (χ4n) is 3.63. The summed E-state index contributed by atoms with van der Waals surface area (Å²) >= 11 is 7.62. The molecule has 0 bridgehead atoms. The van der Waals surface area contributed by atoms with E-state index in [0.29, 0.717) is 5.69 Å². The van der Waals surface area contributed by atoms with Crippen molar-refractivity contribution in [2.45, 2.75) is 23.8 Å². The minimum absolute atomic E-state index is 0.119. The molecule has 2 heterocycles. The van der Waals surface area contributed by atoms with Gasteiger partial charge in [0.2, 0.25) is 0 Å². The molecule has 0 radical (unpaired) electrons. The third-order valence-corrected chi connectivity index (χ3v) is 7.42. The van der Waals surface area contributed by atoms with Crippen molar-refractivity contribution in [3.63, 3.8) is 0 Å². The molecule has 31 heavy (non-hydrogen) atoms. The highest BCUT2D eigenvalue weighted by molar-refractivity contribution is 7.92. The van der Waals surface area contributed by atoms with E-state index in [1.807, 2.05) is 30.3 Å². The van der Waals surface area contributed by atoms with Crippen molar-refractivity contribution in [1.82, 2.24) is 9.88 Å². The number of nitrogens with zero attached hydrogens (tertiary/aromatic N) is 2. The molecular weight excluding hydrogens is 459 g/mol. The van der Waals surface area contributed by atoms with E-state index in [0.717, 1.165) is 50.2 Å². The summed E-state index contributed by atoms with van der Waals surface area (Å²) in [5.74, 6) is -0.750. The predicted octanol–water partition coefficient (Wildman–Crippen LogP) is 4.99. The average molecular weight is 481 g/mol. The molecule has 164 valence electrons. The molecule has 0 amide bonds. The first-order valence-corrected chi connectivity index (χ1v) is 12.7. The van der Waals surface area contributed by atoms with Gasteiger partial charge in [-0.1, -0.05) is 41.9 Å². The molecule has 0 saturated carbocycles. The Kier molecular flexibility index (Phi) is 6.76. The smallest absolute Gasteiger partial charge is 0.266 e. The van der Waals surface area contributed by atoms with Gasteiger partial charge >= 0.3 is 0 Å². The second-order valence-electron chi connectivity index (χ2n) is 7.36. The SMILES string of the molecule is O=S(=O)(Nc1cscn1)c1cc(Cl)c(NC(CN2CCCC2)c2ccccc2)cc1F. The number of thiazole rings is 1. The maximum atomic E-state index is 14.9. The van der Waals surface area contributed by atoms with Gasteiger partial charge in [0, 0.05) is 11.9 Å². The quantitative estimate of drug-likeness (QED) is 0.475. The number of sulfonamides is 1. The minimum Gasteiger partial charge on any atom is -0.376 e. The highest BCUT2D eigenvalue weighted by Gasteiger charge is 2.24. The van der Waals surface area contributed by atoms with Gasteiger partial charge in [-0.3, -0.25) is 4.72 Å². The molecule has 3 aromatic rings. The van der Waals surface area contributed by atoms with Gasteiger partial charge in [0.15, 0.2) is 5.82 Å². The molecule has 1 aliphatic heterocycles. The molecule has 2 N–H and O–H groups in total. The predicted molar refractivity (Wildman–Crippen MR) is 123 cm³/mol. The van der Waals surface area contributed by atoms with Crippen LogP contribution in [0.5, 0.6) is 0 Å². The summed E-state index contributed by atoms with van der Waals surface area (Å²) in [7, 11) is -4.15. The third kappa shape index (κ3) is 5.35. The van der Waals surface area contributed by atoms with Crippen LogP contribution < -0.4 is 10.0 Å². The van der Waals surface area contributed by atoms with Gasteiger partial charge in [-0.15, -0.1) is 11.3 Å².